The van der Waals surface area contributed by atoms with Gasteiger partial charge in [-0.3, -0.25) is 14.4 Å². The molecule has 3 saturated carbocycles. The van der Waals surface area contributed by atoms with E-state index in [0.29, 0.717) is 6.42 Å². The van der Waals surface area contributed by atoms with Crippen LogP contribution in [0.25, 0.3) is 0 Å². The zero-order chi connectivity index (χ0) is 19.7. The Morgan fingerprint density at radius 1 is 1.30 bits per heavy atom. The van der Waals surface area contributed by atoms with Gasteiger partial charge in [0.2, 0.25) is 0 Å². The van der Waals surface area contributed by atoms with Crippen LogP contribution in [-0.4, -0.2) is 46.4 Å². The van der Waals surface area contributed by atoms with Gasteiger partial charge in [0.05, 0.1) is 6.10 Å². The first-order valence-corrected chi connectivity index (χ1v) is 9.88. The molecule has 4 aliphatic rings. The molecule has 5 nitrogen and oxygen atoms in total. The summed E-state index contributed by atoms with van der Waals surface area (Å²) in [5, 5.41) is 20.1. The number of ketones is 3. The maximum atomic E-state index is 15.2. The summed E-state index contributed by atoms with van der Waals surface area (Å²) in [5.74, 6) is -1.74. The van der Waals surface area contributed by atoms with E-state index < -0.39 is 35.6 Å². The minimum absolute atomic E-state index is 0.00199. The number of Topliss-reactive ketones (excluding diaryl/α,β-unsaturated/α-hetero) is 2. The van der Waals surface area contributed by atoms with Crippen LogP contribution in [0.3, 0.4) is 0 Å². The monoisotopic (exact) mass is 378 g/mol. The molecule has 0 bridgehead atoms. The van der Waals surface area contributed by atoms with Crippen molar-refractivity contribution in [3.63, 3.8) is 0 Å². The molecule has 148 valence electrons. The Hall–Kier alpha value is -1.40. The lowest BCUT2D eigenvalue weighted by Crippen LogP contribution is -2.61. The number of carbonyl (C=O) groups is 3. The van der Waals surface area contributed by atoms with Crippen molar-refractivity contribution >= 4 is 17.3 Å². The second-order valence-corrected chi connectivity index (χ2v) is 9.42. The molecule has 3 fully saturated rings. The molecule has 0 radical (unpaired) electrons. The summed E-state index contributed by atoms with van der Waals surface area (Å²) in [7, 11) is 0. The predicted molar refractivity (Wildman–Crippen MR) is 94.4 cm³/mol. The molecule has 0 aromatic heterocycles. The van der Waals surface area contributed by atoms with Crippen molar-refractivity contribution in [2.24, 2.45) is 34.5 Å². The zero-order valence-corrected chi connectivity index (χ0v) is 15.8. The Morgan fingerprint density at radius 3 is 2.67 bits per heavy atom. The van der Waals surface area contributed by atoms with Crippen LogP contribution in [0, 0.1) is 34.5 Å². The number of fused-ring (bicyclic) bond motifs is 5. The molecule has 2 N–H and O–H groups in total. The first-order valence-electron chi connectivity index (χ1n) is 9.88. The Kier molecular flexibility index (Phi) is 4.24. The van der Waals surface area contributed by atoms with Gasteiger partial charge in [-0.2, -0.15) is 0 Å². The molecule has 0 heterocycles. The maximum Gasteiger partial charge on any atom is 0.161 e. The van der Waals surface area contributed by atoms with Crippen LogP contribution in [0.5, 0.6) is 0 Å². The fourth-order valence-electron chi connectivity index (χ4n) is 7.06. The van der Waals surface area contributed by atoms with Crippen molar-refractivity contribution in [3.05, 3.63) is 11.6 Å². The van der Waals surface area contributed by atoms with E-state index in [1.54, 1.807) is 6.92 Å². The number of alkyl halides is 1. The number of hydrogen-bond donors (Lipinski definition) is 2. The molecular weight excluding hydrogens is 351 g/mol. The van der Waals surface area contributed by atoms with Crippen LogP contribution < -0.4 is 0 Å². The smallest absolute Gasteiger partial charge is 0.161 e. The van der Waals surface area contributed by atoms with Gasteiger partial charge in [0.25, 0.3) is 0 Å². The van der Waals surface area contributed by atoms with E-state index in [2.05, 4.69) is 0 Å². The Bertz CT molecular complexity index is 745. The number of hydrogen-bond acceptors (Lipinski definition) is 5. The maximum absolute atomic E-state index is 15.2. The molecule has 0 aromatic rings. The number of rotatable bonds is 2. The highest BCUT2D eigenvalue weighted by atomic mass is 19.1. The molecule has 2 unspecified atom stereocenters. The van der Waals surface area contributed by atoms with E-state index in [-0.39, 0.29) is 59.9 Å². The van der Waals surface area contributed by atoms with Crippen molar-refractivity contribution in [1.82, 2.24) is 0 Å². The van der Waals surface area contributed by atoms with Crippen molar-refractivity contribution in [1.29, 1.82) is 0 Å². The largest absolute Gasteiger partial charge is 0.392 e. The molecule has 27 heavy (non-hydrogen) atoms. The lowest BCUT2D eigenvalue weighted by atomic mass is 9.45. The van der Waals surface area contributed by atoms with Gasteiger partial charge in [0, 0.05) is 30.1 Å². The van der Waals surface area contributed by atoms with Crippen LogP contribution in [0.4, 0.5) is 4.39 Å². The van der Waals surface area contributed by atoms with Gasteiger partial charge in [-0.05, 0) is 48.2 Å². The van der Waals surface area contributed by atoms with Gasteiger partial charge >= 0.3 is 0 Å². The quantitative estimate of drug-likeness (QED) is 0.764. The van der Waals surface area contributed by atoms with Gasteiger partial charge in [-0.1, -0.05) is 13.8 Å². The lowest BCUT2D eigenvalue weighted by Gasteiger charge is -2.58. The van der Waals surface area contributed by atoms with E-state index in [1.807, 2.05) is 6.92 Å². The summed E-state index contributed by atoms with van der Waals surface area (Å²) in [4.78, 5) is 37.5. The molecule has 0 spiro atoms. The minimum atomic E-state index is -1.36. The summed E-state index contributed by atoms with van der Waals surface area (Å²) in [6.45, 7) is 3.12. The molecule has 4 aliphatic carbocycles. The van der Waals surface area contributed by atoms with E-state index >= 15 is 4.39 Å². The zero-order valence-electron chi connectivity index (χ0n) is 15.8. The van der Waals surface area contributed by atoms with Crippen LogP contribution in [0.2, 0.25) is 0 Å². The molecule has 6 heteroatoms. The molecule has 0 aliphatic heterocycles. The molecular formula is C21H27FO5. The standard InChI is InChI=1S/C21H27FO5/c1-20-8-16(25)19-11(12(20)3-4-13(20)17(26)9-23)7-15(22)14-5-10(24)6-18(27)21(14,19)2/h5,11-13,15,18-19,23,27H,3-4,6-9H2,1-2H3/t11-,12-,13+,15?,18?,19+,20-,21+/m0/s1. The number of aliphatic hydroxyl groups is 2. The summed E-state index contributed by atoms with van der Waals surface area (Å²) in [5.41, 5.74) is -1.36. The topological polar surface area (TPSA) is 91.7 Å². The van der Waals surface area contributed by atoms with Crippen molar-refractivity contribution in [2.75, 3.05) is 6.61 Å². The molecule has 0 amide bonds. The Labute approximate surface area is 158 Å². The lowest BCUT2D eigenvalue weighted by molar-refractivity contribution is -0.158. The summed E-state index contributed by atoms with van der Waals surface area (Å²) >= 11 is 0. The van der Waals surface area contributed by atoms with Crippen LogP contribution in [0.15, 0.2) is 11.6 Å². The third-order valence-electron chi connectivity index (χ3n) is 8.29. The van der Waals surface area contributed by atoms with E-state index in [9.17, 15) is 24.6 Å². The highest BCUT2D eigenvalue weighted by Crippen LogP contribution is 2.65. The second-order valence-electron chi connectivity index (χ2n) is 9.42. The molecule has 8 atom stereocenters. The molecule has 0 aromatic carbocycles. The fraction of sp³-hybridized carbons (Fsp3) is 0.762. The minimum Gasteiger partial charge on any atom is -0.392 e. The van der Waals surface area contributed by atoms with Crippen LogP contribution >= 0.6 is 0 Å². The Morgan fingerprint density at radius 2 is 2.00 bits per heavy atom. The third-order valence-corrected chi connectivity index (χ3v) is 8.29. The molecule has 4 rings (SSSR count). The van der Waals surface area contributed by atoms with E-state index in [1.165, 1.54) is 6.08 Å². The van der Waals surface area contributed by atoms with Gasteiger partial charge in [-0.25, -0.2) is 4.39 Å². The van der Waals surface area contributed by atoms with E-state index in [4.69, 9.17) is 0 Å². The average molecular weight is 378 g/mol. The predicted octanol–water partition coefficient (Wildman–Crippen LogP) is 1.79. The van der Waals surface area contributed by atoms with Crippen LogP contribution in [0.1, 0.15) is 46.0 Å². The normalized spacial score (nSPS) is 49.1. The van der Waals surface area contributed by atoms with Gasteiger partial charge in [0.15, 0.2) is 11.6 Å². The number of halogens is 1. The first-order chi connectivity index (χ1) is 12.6. The SMILES string of the molecule is C[C@]12CC(=O)[C@H]3[C@@H](CC(F)C4=CC(=O)CC(O)[C@@]43C)[C@@H]1CC[C@@H]2C(=O)CO. The highest BCUT2D eigenvalue weighted by Gasteiger charge is 2.66. The van der Waals surface area contributed by atoms with Crippen molar-refractivity contribution in [3.8, 4) is 0 Å². The second kappa shape index (κ2) is 6.05. The van der Waals surface area contributed by atoms with Gasteiger partial charge < -0.3 is 10.2 Å². The summed E-state index contributed by atoms with van der Waals surface area (Å²) < 4.78 is 15.2. The molecule has 0 saturated heterocycles. The number of aliphatic hydroxyl groups excluding tert-OH is 2. The van der Waals surface area contributed by atoms with E-state index in [0.717, 1.165) is 6.42 Å². The fourth-order valence-corrected chi connectivity index (χ4v) is 7.06. The van der Waals surface area contributed by atoms with Crippen LogP contribution in [-0.2, 0) is 14.4 Å². The van der Waals surface area contributed by atoms with Gasteiger partial charge in [0.1, 0.15) is 18.6 Å². The highest BCUT2D eigenvalue weighted by molar-refractivity contribution is 5.94. The van der Waals surface area contributed by atoms with Crippen molar-refractivity contribution in [2.45, 2.75) is 58.2 Å². The Balaban J connectivity index is 1.78. The summed E-state index contributed by atoms with van der Waals surface area (Å²) in [6, 6.07) is 0. The third kappa shape index (κ3) is 2.38. The average Bonchev–Trinajstić information content (AvgIpc) is 2.93. The number of carbonyl (C=O) groups excluding carboxylic acids is 3. The first kappa shape index (κ1) is 18.9. The summed E-state index contributed by atoms with van der Waals surface area (Å²) in [6.07, 6.45) is 0.470. The van der Waals surface area contributed by atoms with Gasteiger partial charge in [-0.15, -0.1) is 0 Å². The van der Waals surface area contributed by atoms with Crippen molar-refractivity contribution < 1.29 is 29.0 Å².